The summed E-state index contributed by atoms with van der Waals surface area (Å²) in [7, 11) is -3.65. The summed E-state index contributed by atoms with van der Waals surface area (Å²) in [6, 6.07) is 2.65. The maximum Gasteiger partial charge on any atom is 0.357 e. The van der Waals surface area contributed by atoms with Crippen LogP contribution in [-0.2, 0) is 14.8 Å². The van der Waals surface area contributed by atoms with E-state index in [-0.39, 0.29) is 23.1 Å². The molecule has 122 valence electrons. The zero-order valence-corrected chi connectivity index (χ0v) is 13.6. The molecule has 0 saturated carbocycles. The molecule has 0 atom stereocenters. The largest absolute Gasteiger partial charge is 0.458 e. The predicted octanol–water partition coefficient (Wildman–Crippen LogP) is 1.51. The molecule has 0 aliphatic carbocycles. The number of hydrogen-bond donors (Lipinski definition) is 1. The van der Waals surface area contributed by atoms with Crippen LogP contribution in [0.1, 0.15) is 54.5 Å². The van der Waals surface area contributed by atoms with Crippen molar-refractivity contribution in [2.75, 3.05) is 5.75 Å². The van der Waals surface area contributed by atoms with Gasteiger partial charge < -0.3 is 4.74 Å². The number of aromatic nitrogens is 1. The number of rotatable bonds is 7. The molecular formula is C14H20N2O5S. The molecule has 0 fully saturated rings. The fourth-order valence-electron chi connectivity index (χ4n) is 1.51. The van der Waals surface area contributed by atoms with E-state index in [1.54, 1.807) is 13.8 Å². The first-order valence-corrected chi connectivity index (χ1v) is 8.62. The Balaban J connectivity index is 2.74. The number of sulfonamides is 1. The van der Waals surface area contributed by atoms with E-state index < -0.39 is 21.9 Å². The molecule has 0 spiro atoms. The summed E-state index contributed by atoms with van der Waals surface area (Å²) >= 11 is 0. The minimum absolute atomic E-state index is 0.0547. The van der Waals surface area contributed by atoms with Crippen molar-refractivity contribution < 1.29 is 22.7 Å². The van der Waals surface area contributed by atoms with Gasteiger partial charge in [0.2, 0.25) is 10.0 Å². The summed E-state index contributed by atoms with van der Waals surface area (Å²) < 4.78 is 30.2. The molecule has 1 aromatic rings. The van der Waals surface area contributed by atoms with Gasteiger partial charge >= 0.3 is 5.97 Å². The lowest BCUT2D eigenvalue weighted by Crippen LogP contribution is -2.32. The van der Waals surface area contributed by atoms with E-state index in [0.717, 1.165) is 6.20 Å². The quantitative estimate of drug-likeness (QED) is 0.761. The first-order valence-electron chi connectivity index (χ1n) is 6.97. The van der Waals surface area contributed by atoms with Crippen molar-refractivity contribution in [3.8, 4) is 0 Å². The van der Waals surface area contributed by atoms with Crippen LogP contribution in [0, 0.1) is 0 Å². The van der Waals surface area contributed by atoms with Crippen LogP contribution < -0.4 is 4.72 Å². The smallest absolute Gasteiger partial charge is 0.357 e. The zero-order valence-electron chi connectivity index (χ0n) is 12.8. The molecule has 7 nitrogen and oxygen atoms in total. The summed E-state index contributed by atoms with van der Waals surface area (Å²) in [5, 5.41) is 0. The molecule has 0 unspecified atom stereocenters. The van der Waals surface area contributed by atoms with Gasteiger partial charge in [-0.15, -0.1) is 0 Å². The maximum atomic E-state index is 11.8. The molecule has 0 aliphatic rings. The van der Waals surface area contributed by atoms with E-state index in [1.807, 2.05) is 11.6 Å². The Labute approximate surface area is 130 Å². The van der Waals surface area contributed by atoms with Crippen LogP contribution >= 0.6 is 0 Å². The number of esters is 1. The lowest BCUT2D eigenvalue weighted by atomic mass is 10.2. The molecule has 1 N–H and O–H groups in total. The SMILES string of the molecule is CCCCS(=O)(=O)NC(=O)c1ccc(C(=O)OC(C)C)nc1. The molecule has 8 heteroatoms. The number of hydrogen-bond acceptors (Lipinski definition) is 6. The highest BCUT2D eigenvalue weighted by molar-refractivity contribution is 7.90. The van der Waals surface area contributed by atoms with Crippen LogP contribution in [0.2, 0.25) is 0 Å². The Morgan fingerprint density at radius 2 is 2.00 bits per heavy atom. The number of unbranched alkanes of at least 4 members (excludes halogenated alkanes) is 1. The summed E-state index contributed by atoms with van der Waals surface area (Å²) in [5.41, 5.74) is 0.111. The average molecular weight is 328 g/mol. The van der Waals surface area contributed by atoms with Gasteiger partial charge in [-0.25, -0.2) is 22.9 Å². The molecule has 0 aliphatic heterocycles. The van der Waals surface area contributed by atoms with Gasteiger partial charge in [0.15, 0.2) is 0 Å². The van der Waals surface area contributed by atoms with Gasteiger partial charge in [0.1, 0.15) is 5.69 Å². The minimum atomic E-state index is -3.65. The van der Waals surface area contributed by atoms with E-state index in [2.05, 4.69) is 4.98 Å². The fourth-order valence-corrected chi connectivity index (χ4v) is 2.68. The standard InChI is InChI=1S/C14H20N2O5S/c1-4-5-8-22(19,20)16-13(17)11-6-7-12(15-9-11)14(18)21-10(2)3/h6-7,9-10H,4-5,8H2,1-3H3,(H,16,17). The van der Waals surface area contributed by atoms with Gasteiger partial charge in [0, 0.05) is 6.20 Å². The van der Waals surface area contributed by atoms with Crippen molar-refractivity contribution in [2.45, 2.75) is 39.7 Å². The van der Waals surface area contributed by atoms with E-state index in [1.165, 1.54) is 12.1 Å². The van der Waals surface area contributed by atoms with Crippen molar-refractivity contribution in [2.24, 2.45) is 0 Å². The van der Waals surface area contributed by atoms with Crippen LogP contribution in [-0.4, -0.2) is 37.1 Å². The van der Waals surface area contributed by atoms with Crippen LogP contribution in [0.4, 0.5) is 0 Å². The monoisotopic (exact) mass is 328 g/mol. The average Bonchev–Trinajstić information content (AvgIpc) is 2.44. The molecule has 0 aromatic carbocycles. The third kappa shape index (κ3) is 5.80. The summed E-state index contributed by atoms with van der Waals surface area (Å²) in [4.78, 5) is 27.3. The van der Waals surface area contributed by atoms with Crippen molar-refractivity contribution >= 4 is 21.9 Å². The van der Waals surface area contributed by atoms with Crippen LogP contribution in [0.3, 0.4) is 0 Å². The summed E-state index contributed by atoms with van der Waals surface area (Å²) in [6.45, 7) is 5.28. The van der Waals surface area contributed by atoms with E-state index >= 15 is 0 Å². The number of carbonyl (C=O) groups is 2. The van der Waals surface area contributed by atoms with Crippen molar-refractivity contribution in [1.82, 2.24) is 9.71 Å². The normalized spacial score (nSPS) is 11.3. The molecule has 0 bridgehead atoms. The van der Waals surface area contributed by atoms with Gasteiger partial charge in [0.05, 0.1) is 17.4 Å². The molecule has 0 radical (unpaired) electrons. The van der Waals surface area contributed by atoms with Crippen LogP contribution in [0.25, 0.3) is 0 Å². The zero-order chi connectivity index (χ0) is 16.8. The summed E-state index contributed by atoms with van der Waals surface area (Å²) in [6.07, 6.45) is 2.05. The fraction of sp³-hybridized carbons (Fsp3) is 0.500. The molecule has 1 heterocycles. The van der Waals surface area contributed by atoms with Crippen molar-refractivity contribution in [1.29, 1.82) is 0 Å². The Morgan fingerprint density at radius 1 is 1.32 bits per heavy atom. The number of carbonyl (C=O) groups excluding carboxylic acids is 2. The molecule has 1 aromatic heterocycles. The van der Waals surface area contributed by atoms with Crippen molar-refractivity contribution in [3.63, 3.8) is 0 Å². The Kier molecular flexibility index (Phi) is 6.48. The van der Waals surface area contributed by atoms with Gasteiger partial charge in [-0.3, -0.25) is 4.79 Å². The van der Waals surface area contributed by atoms with Crippen LogP contribution in [0.15, 0.2) is 18.3 Å². The Hall–Kier alpha value is -1.96. The van der Waals surface area contributed by atoms with Gasteiger partial charge in [-0.2, -0.15) is 0 Å². The van der Waals surface area contributed by atoms with E-state index in [4.69, 9.17) is 4.74 Å². The lowest BCUT2D eigenvalue weighted by Gasteiger charge is -2.08. The molecule has 1 rings (SSSR count). The second kappa shape index (κ2) is 7.88. The molecule has 0 saturated heterocycles. The molecular weight excluding hydrogens is 308 g/mol. The van der Waals surface area contributed by atoms with Crippen molar-refractivity contribution in [3.05, 3.63) is 29.6 Å². The van der Waals surface area contributed by atoms with E-state index in [9.17, 15) is 18.0 Å². The Morgan fingerprint density at radius 3 is 2.50 bits per heavy atom. The third-order valence-electron chi connectivity index (χ3n) is 2.59. The van der Waals surface area contributed by atoms with Gasteiger partial charge in [-0.05, 0) is 32.4 Å². The minimum Gasteiger partial charge on any atom is -0.458 e. The number of amides is 1. The molecule has 22 heavy (non-hydrogen) atoms. The summed E-state index contributed by atoms with van der Waals surface area (Å²) in [5.74, 6) is -1.48. The highest BCUT2D eigenvalue weighted by Crippen LogP contribution is 2.05. The number of pyridine rings is 1. The number of ether oxygens (including phenoxy) is 1. The molecule has 1 amide bonds. The lowest BCUT2D eigenvalue weighted by molar-refractivity contribution is 0.0370. The first-order chi connectivity index (χ1) is 10.2. The Bertz CT molecular complexity index is 623. The maximum absolute atomic E-state index is 11.8. The van der Waals surface area contributed by atoms with Crippen LogP contribution in [0.5, 0.6) is 0 Å². The topological polar surface area (TPSA) is 102 Å². The number of nitrogens with one attached hydrogen (secondary N) is 1. The predicted molar refractivity (Wildman–Crippen MR) is 80.9 cm³/mol. The second-order valence-electron chi connectivity index (χ2n) is 4.99. The highest BCUT2D eigenvalue weighted by Gasteiger charge is 2.17. The van der Waals surface area contributed by atoms with E-state index in [0.29, 0.717) is 12.8 Å². The number of nitrogens with zero attached hydrogens (tertiary/aromatic N) is 1. The highest BCUT2D eigenvalue weighted by atomic mass is 32.2. The second-order valence-corrected chi connectivity index (χ2v) is 6.83. The first kappa shape index (κ1) is 18.1. The van der Waals surface area contributed by atoms with Gasteiger partial charge in [-0.1, -0.05) is 13.3 Å². The van der Waals surface area contributed by atoms with Gasteiger partial charge in [0.25, 0.3) is 5.91 Å². The third-order valence-corrected chi connectivity index (χ3v) is 3.91.